The van der Waals surface area contributed by atoms with Gasteiger partial charge in [-0.2, -0.15) is 8.61 Å². The van der Waals surface area contributed by atoms with Gasteiger partial charge in [-0.3, -0.25) is 0 Å². The van der Waals surface area contributed by atoms with Crippen molar-refractivity contribution in [1.29, 1.82) is 0 Å². The number of benzene rings is 3. The SMILES string of the molecule is COc1ccc(C[C@H]2CN(S(=O)(=O)c3ccc(C)cc3)[C@@H](Cc3ccc(OC)c(I)c3)CN2S(C)(=O)=O)cc1. The van der Waals surface area contributed by atoms with Crippen LogP contribution in [0.5, 0.6) is 11.5 Å². The van der Waals surface area contributed by atoms with E-state index in [2.05, 4.69) is 22.6 Å². The maximum Gasteiger partial charge on any atom is 0.243 e. The van der Waals surface area contributed by atoms with E-state index in [1.54, 1.807) is 38.5 Å². The fraction of sp³-hybridized carbons (Fsp3) is 0.357. The van der Waals surface area contributed by atoms with Gasteiger partial charge in [-0.25, -0.2) is 16.8 Å². The van der Waals surface area contributed by atoms with Crippen LogP contribution in [-0.2, 0) is 32.9 Å². The summed E-state index contributed by atoms with van der Waals surface area (Å²) < 4.78 is 68.5. The van der Waals surface area contributed by atoms with Gasteiger partial charge in [-0.15, -0.1) is 0 Å². The molecule has 11 heteroatoms. The number of hydrogen-bond donors (Lipinski definition) is 0. The number of piperazine rings is 1. The monoisotopic (exact) mass is 684 g/mol. The molecule has 3 aromatic carbocycles. The highest BCUT2D eigenvalue weighted by Crippen LogP contribution is 2.31. The summed E-state index contributed by atoms with van der Waals surface area (Å²) in [4.78, 5) is 0.193. The molecule has 4 rings (SSSR count). The van der Waals surface area contributed by atoms with E-state index in [-0.39, 0.29) is 18.0 Å². The Morgan fingerprint density at radius 1 is 0.795 bits per heavy atom. The Morgan fingerprint density at radius 3 is 1.92 bits per heavy atom. The molecule has 0 radical (unpaired) electrons. The summed E-state index contributed by atoms with van der Waals surface area (Å²) in [5.74, 6) is 1.42. The van der Waals surface area contributed by atoms with Crippen LogP contribution in [-0.4, -0.2) is 71.1 Å². The highest BCUT2D eigenvalue weighted by molar-refractivity contribution is 14.1. The van der Waals surface area contributed by atoms with Crippen LogP contribution in [0.25, 0.3) is 0 Å². The van der Waals surface area contributed by atoms with Crippen LogP contribution in [0.1, 0.15) is 16.7 Å². The molecule has 0 bridgehead atoms. The Morgan fingerprint density at radius 2 is 1.36 bits per heavy atom. The van der Waals surface area contributed by atoms with Crippen molar-refractivity contribution in [3.05, 3.63) is 87.0 Å². The van der Waals surface area contributed by atoms with E-state index in [1.807, 2.05) is 49.4 Å². The summed E-state index contributed by atoms with van der Waals surface area (Å²) in [5, 5.41) is 0. The first-order valence-electron chi connectivity index (χ1n) is 12.4. The Balaban J connectivity index is 1.74. The summed E-state index contributed by atoms with van der Waals surface area (Å²) in [6.07, 6.45) is 1.90. The van der Waals surface area contributed by atoms with Gasteiger partial charge in [-0.05, 0) is 89.9 Å². The number of rotatable bonds is 9. The molecule has 0 spiro atoms. The fourth-order valence-electron chi connectivity index (χ4n) is 4.92. The first-order valence-corrected chi connectivity index (χ1v) is 16.8. The van der Waals surface area contributed by atoms with Crippen molar-refractivity contribution < 1.29 is 26.3 Å². The maximum absolute atomic E-state index is 14.0. The number of aryl methyl sites for hydroxylation is 1. The molecule has 1 aliphatic heterocycles. The number of sulfonamides is 2. The largest absolute Gasteiger partial charge is 0.497 e. The molecule has 0 N–H and O–H groups in total. The van der Waals surface area contributed by atoms with Gasteiger partial charge in [0.25, 0.3) is 0 Å². The zero-order valence-electron chi connectivity index (χ0n) is 22.4. The van der Waals surface area contributed by atoms with E-state index >= 15 is 0 Å². The smallest absolute Gasteiger partial charge is 0.243 e. The quantitative estimate of drug-likeness (QED) is 0.316. The van der Waals surface area contributed by atoms with Crippen molar-refractivity contribution in [2.45, 2.75) is 36.7 Å². The molecule has 2 atom stereocenters. The molecule has 0 amide bonds. The Labute approximate surface area is 245 Å². The minimum Gasteiger partial charge on any atom is -0.497 e. The lowest BCUT2D eigenvalue weighted by Gasteiger charge is -2.44. The summed E-state index contributed by atoms with van der Waals surface area (Å²) in [6, 6.07) is 18.7. The van der Waals surface area contributed by atoms with Crippen molar-refractivity contribution in [3.8, 4) is 11.5 Å². The molecule has 3 aromatic rings. The third kappa shape index (κ3) is 6.94. The first-order chi connectivity index (χ1) is 18.4. The number of halogens is 1. The van der Waals surface area contributed by atoms with E-state index in [4.69, 9.17) is 9.47 Å². The first kappa shape index (κ1) is 29.8. The van der Waals surface area contributed by atoms with E-state index < -0.39 is 32.1 Å². The molecule has 8 nitrogen and oxygen atoms in total. The van der Waals surface area contributed by atoms with Crippen LogP contribution in [0.3, 0.4) is 0 Å². The van der Waals surface area contributed by atoms with E-state index in [0.29, 0.717) is 18.6 Å². The van der Waals surface area contributed by atoms with Gasteiger partial charge in [0, 0.05) is 25.2 Å². The second-order valence-corrected chi connectivity index (χ2v) is 14.7. The molecule has 39 heavy (non-hydrogen) atoms. The maximum atomic E-state index is 14.0. The summed E-state index contributed by atoms with van der Waals surface area (Å²) in [5.41, 5.74) is 2.75. The van der Waals surface area contributed by atoms with Crippen LogP contribution in [0.15, 0.2) is 71.6 Å². The van der Waals surface area contributed by atoms with Gasteiger partial charge in [0.2, 0.25) is 20.0 Å². The normalized spacial score (nSPS) is 19.1. The van der Waals surface area contributed by atoms with Crippen molar-refractivity contribution in [3.63, 3.8) is 0 Å². The number of ether oxygens (including phenoxy) is 2. The van der Waals surface area contributed by atoms with Crippen LogP contribution in [0.2, 0.25) is 0 Å². The lowest BCUT2D eigenvalue weighted by molar-refractivity contribution is 0.144. The second kappa shape index (κ2) is 12.1. The molecular weight excluding hydrogens is 651 g/mol. The Bertz CT molecular complexity index is 1510. The van der Waals surface area contributed by atoms with Gasteiger partial charge in [0.05, 0.1) is 28.9 Å². The van der Waals surface area contributed by atoms with E-state index in [9.17, 15) is 16.8 Å². The van der Waals surface area contributed by atoms with Crippen molar-refractivity contribution in [2.24, 2.45) is 0 Å². The molecule has 1 aliphatic rings. The predicted molar refractivity (Wildman–Crippen MR) is 160 cm³/mol. The third-order valence-electron chi connectivity index (χ3n) is 6.97. The van der Waals surface area contributed by atoms with Crippen LogP contribution in [0, 0.1) is 10.5 Å². The van der Waals surface area contributed by atoms with Crippen LogP contribution >= 0.6 is 22.6 Å². The minimum absolute atomic E-state index is 0.0349. The highest BCUT2D eigenvalue weighted by atomic mass is 127. The molecule has 0 saturated carbocycles. The zero-order chi connectivity index (χ0) is 28.4. The lowest BCUT2D eigenvalue weighted by atomic mass is 9.99. The van der Waals surface area contributed by atoms with Gasteiger partial charge in [-0.1, -0.05) is 35.9 Å². The van der Waals surface area contributed by atoms with E-state index in [0.717, 1.165) is 26.0 Å². The molecule has 1 fully saturated rings. The summed E-state index contributed by atoms with van der Waals surface area (Å²) in [7, 11) is -4.36. The van der Waals surface area contributed by atoms with E-state index in [1.165, 1.54) is 14.9 Å². The molecule has 210 valence electrons. The third-order valence-corrected chi connectivity index (χ3v) is 11.0. The Kier molecular flexibility index (Phi) is 9.26. The van der Waals surface area contributed by atoms with Crippen LogP contribution < -0.4 is 9.47 Å². The average Bonchev–Trinajstić information content (AvgIpc) is 2.89. The second-order valence-electron chi connectivity index (χ2n) is 9.75. The molecule has 1 heterocycles. The van der Waals surface area contributed by atoms with Crippen molar-refractivity contribution in [1.82, 2.24) is 8.61 Å². The molecule has 1 saturated heterocycles. The predicted octanol–water partition coefficient (Wildman–Crippen LogP) is 4.11. The lowest BCUT2D eigenvalue weighted by Crippen LogP contribution is -2.62. The molecule has 0 aliphatic carbocycles. The average molecular weight is 685 g/mol. The molecule has 0 aromatic heterocycles. The number of hydrogen-bond acceptors (Lipinski definition) is 6. The minimum atomic E-state index is -3.91. The summed E-state index contributed by atoms with van der Waals surface area (Å²) >= 11 is 2.18. The Hall–Kier alpha value is -2.19. The van der Waals surface area contributed by atoms with Crippen molar-refractivity contribution in [2.75, 3.05) is 33.6 Å². The van der Waals surface area contributed by atoms with Gasteiger partial charge in [0.15, 0.2) is 0 Å². The molecular formula is C28H33IN2O6S2. The van der Waals surface area contributed by atoms with Crippen LogP contribution in [0.4, 0.5) is 0 Å². The number of nitrogens with zero attached hydrogens (tertiary/aromatic N) is 2. The molecule has 0 unspecified atom stereocenters. The number of methoxy groups -OCH3 is 2. The fourth-order valence-corrected chi connectivity index (χ4v) is 8.50. The highest BCUT2D eigenvalue weighted by Gasteiger charge is 2.43. The summed E-state index contributed by atoms with van der Waals surface area (Å²) in [6.45, 7) is 1.99. The standard InChI is InChI=1S/C28H33IN2O6S2/c1-20-5-12-26(13-6-20)39(34,35)31-19-23(15-21-7-10-25(36-2)11-8-21)30(38(4,32)33)18-24(31)16-22-9-14-28(37-3)27(29)17-22/h5-14,17,23-24H,15-16,18-19H2,1-4H3/t23-,24-/m0/s1. The topological polar surface area (TPSA) is 93.2 Å². The van der Waals surface area contributed by atoms with Crippen molar-refractivity contribution >= 4 is 42.6 Å². The zero-order valence-corrected chi connectivity index (χ0v) is 26.2. The van der Waals surface area contributed by atoms with Gasteiger partial charge >= 0.3 is 0 Å². The van der Waals surface area contributed by atoms with Gasteiger partial charge < -0.3 is 9.47 Å². The van der Waals surface area contributed by atoms with Gasteiger partial charge in [0.1, 0.15) is 11.5 Å².